The van der Waals surface area contributed by atoms with E-state index in [0.717, 1.165) is 25.1 Å². The van der Waals surface area contributed by atoms with Crippen LogP contribution in [0.3, 0.4) is 0 Å². The molecule has 2 heterocycles. The molecule has 4 rings (SSSR count). The maximum absolute atomic E-state index is 14.0. The van der Waals surface area contributed by atoms with Crippen molar-refractivity contribution in [1.82, 2.24) is 14.5 Å². The van der Waals surface area contributed by atoms with E-state index < -0.39 is 17.5 Å². The van der Waals surface area contributed by atoms with Crippen LogP contribution in [0.1, 0.15) is 18.9 Å². The van der Waals surface area contributed by atoms with Crippen molar-refractivity contribution < 1.29 is 13.2 Å². The first-order valence-corrected chi connectivity index (χ1v) is 6.62. The van der Waals surface area contributed by atoms with Gasteiger partial charge in [-0.25, -0.2) is 18.2 Å². The molecule has 1 aliphatic carbocycles. The summed E-state index contributed by atoms with van der Waals surface area (Å²) < 4.78 is 43.1. The zero-order valence-corrected chi connectivity index (χ0v) is 10.9. The highest BCUT2D eigenvalue weighted by molar-refractivity contribution is 5.81. The Hall–Kier alpha value is -2.37. The molecule has 1 saturated carbocycles. The van der Waals surface area contributed by atoms with E-state index in [2.05, 4.69) is 9.97 Å². The Balaban J connectivity index is 2.07. The summed E-state index contributed by atoms with van der Waals surface area (Å²) in [6.45, 7) is 0. The molecule has 0 unspecified atom stereocenters. The summed E-state index contributed by atoms with van der Waals surface area (Å²) in [5.74, 6) is -1.61. The first-order valence-electron chi connectivity index (χ1n) is 6.62. The number of hydrogen-bond donors (Lipinski definition) is 0. The summed E-state index contributed by atoms with van der Waals surface area (Å²) in [5.41, 5.74) is 0.670. The standard InChI is InChI=1S/C15H10F3N3/c16-8-5-11(17)14-13(6-8)21(9-1-2-9)15(20-14)10-3-4-19-7-12(10)18/h3-7,9H,1-2H2. The van der Waals surface area contributed by atoms with E-state index in [0.29, 0.717) is 11.3 Å². The van der Waals surface area contributed by atoms with Crippen molar-refractivity contribution in [2.45, 2.75) is 18.9 Å². The molecule has 1 aromatic carbocycles. The predicted molar refractivity (Wildman–Crippen MR) is 71.1 cm³/mol. The summed E-state index contributed by atoms with van der Waals surface area (Å²) in [6, 6.07) is 3.63. The number of benzene rings is 1. The van der Waals surface area contributed by atoms with Crippen LogP contribution in [0.25, 0.3) is 22.4 Å². The lowest BCUT2D eigenvalue weighted by atomic mass is 10.2. The Labute approximate surface area is 118 Å². The fourth-order valence-electron chi connectivity index (χ4n) is 2.57. The topological polar surface area (TPSA) is 30.7 Å². The zero-order chi connectivity index (χ0) is 14.6. The summed E-state index contributed by atoms with van der Waals surface area (Å²) in [5, 5.41) is 0. The van der Waals surface area contributed by atoms with Crippen LogP contribution < -0.4 is 0 Å². The fraction of sp³-hybridized carbons (Fsp3) is 0.200. The largest absolute Gasteiger partial charge is 0.321 e. The number of imidazole rings is 1. The monoisotopic (exact) mass is 289 g/mol. The molecule has 3 aromatic rings. The minimum atomic E-state index is -0.736. The third kappa shape index (κ3) is 1.90. The predicted octanol–water partition coefficient (Wildman–Crippen LogP) is 3.85. The zero-order valence-electron chi connectivity index (χ0n) is 10.9. The maximum atomic E-state index is 14.0. The molecule has 1 aliphatic rings. The van der Waals surface area contributed by atoms with Crippen molar-refractivity contribution >= 4 is 11.0 Å². The molecular weight excluding hydrogens is 279 g/mol. The third-order valence-corrected chi connectivity index (χ3v) is 3.64. The number of nitrogens with zero attached hydrogens (tertiary/aromatic N) is 3. The van der Waals surface area contributed by atoms with Crippen LogP contribution in [-0.2, 0) is 0 Å². The van der Waals surface area contributed by atoms with E-state index >= 15 is 0 Å². The highest BCUT2D eigenvalue weighted by Gasteiger charge is 2.30. The van der Waals surface area contributed by atoms with Crippen molar-refractivity contribution in [2.75, 3.05) is 0 Å². The average molecular weight is 289 g/mol. The van der Waals surface area contributed by atoms with Gasteiger partial charge in [-0.2, -0.15) is 0 Å². The van der Waals surface area contributed by atoms with Crippen LogP contribution >= 0.6 is 0 Å². The van der Waals surface area contributed by atoms with E-state index in [1.54, 1.807) is 4.57 Å². The van der Waals surface area contributed by atoms with Crippen LogP contribution in [0.2, 0.25) is 0 Å². The molecule has 21 heavy (non-hydrogen) atoms. The van der Waals surface area contributed by atoms with Crippen LogP contribution in [0.15, 0.2) is 30.6 Å². The third-order valence-electron chi connectivity index (χ3n) is 3.64. The molecule has 3 nitrogen and oxygen atoms in total. The van der Waals surface area contributed by atoms with E-state index in [4.69, 9.17) is 0 Å². The lowest BCUT2D eigenvalue weighted by Gasteiger charge is -2.08. The van der Waals surface area contributed by atoms with Crippen molar-refractivity contribution in [3.8, 4) is 11.4 Å². The second-order valence-corrected chi connectivity index (χ2v) is 5.15. The summed E-state index contributed by atoms with van der Waals surface area (Å²) in [7, 11) is 0. The molecule has 2 aromatic heterocycles. The minimum Gasteiger partial charge on any atom is -0.321 e. The van der Waals surface area contributed by atoms with E-state index in [1.807, 2.05) is 0 Å². The first-order chi connectivity index (χ1) is 10.1. The molecule has 0 radical (unpaired) electrons. The molecule has 0 saturated heterocycles. The molecule has 0 amide bonds. The SMILES string of the molecule is Fc1cc(F)c2nc(-c3ccncc3F)n(C3CC3)c2c1. The number of fused-ring (bicyclic) bond motifs is 1. The Morgan fingerprint density at radius 1 is 1.10 bits per heavy atom. The number of aromatic nitrogens is 3. The van der Waals surface area contributed by atoms with Crippen molar-refractivity contribution in [1.29, 1.82) is 0 Å². The number of rotatable bonds is 2. The van der Waals surface area contributed by atoms with E-state index in [9.17, 15) is 13.2 Å². The summed E-state index contributed by atoms with van der Waals surface area (Å²) in [6.07, 6.45) is 4.32. The fourth-order valence-corrected chi connectivity index (χ4v) is 2.57. The van der Waals surface area contributed by atoms with Crippen LogP contribution in [0.5, 0.6) is 0 Å². The van der Waals surface area contributed by atoms with Gasteiger partial charge in [-0.1, -0.05) is 0 Å². The van der Waals surface area contributed by atoms with Gasteiger partial charge in [-0.05, 0) is 25.0 Å². The highest BCUT2D eigenvalue weighted by atomic mass is 19.1. The second-order valence-electron chi connectivity index (χ2n) is 5.15. The average Bonchev–Trinajstić information content (AvgIpc) is 3.21. The van der Waals surface area contributed by atoms with Gasteiger partial charge >= 0.3 is 0 Å². The molecule has 1 fully saturated rings. The highest BCUT2D eigenvalue weighted by Crippen LogP contribution is 2.42. The van der Waals surface area contributed by atoms with Gasteiger partial charge in [-0.15, -0.1) is 0 Å². The lowest BCUT2D eigenvalue weighted by molar-refractivity contribution is 0.590. The van der Waals surface area contributed by atoms with Crippen LogP contribution in [0, 0.1) is 17.5 Å². The number of pyridine rings is 1. The van der Waals surface area contributed by atoms with Gasteiger partial charge in [-0.3, -0.25) is 4.98 Å². The molecule has 0 N–H and O–H groups in total. The molecule has 0 aliphatic heterocycles. The second kappa shape index (κ2) is 4.31. The van der Waals surface area contributed by atoms with Gasteiger partial charge in [0.1, 0.15) is 17.2 Å². The Kier molecular flexibility index (Phi) is 2.54. The Morgan fingerprint density at radius 3 is 2.62 bits per heavy atom. The van der Waals surface area contributed by atoms with Crippen LogP contribution in [0.4, 0.5) is 13.2 Å². The lowest BCUT2D eigenvalue weighted by Crippen LogP contribution is -1.99. The normalized spacial score (nSPS) is 14.8. The molecular formula is C15H10F3N3. The number of halogens is 3. The van der Waals surface area contributed by atoms with Crippen LogP contribution in [-0.4, -0.2) is 14.5 Å². The summed E-state index contributed by atoms with van der Waals surface area (Å²) in [4.78, 5) is 7.90. The van der Waals surface area contributed by atoms with E-state index in [-0.39, 0.29) is 17.1 Å². The molecule has 106 valence electrons. The smallest absolute Gasteiger partial charge is 0.153 e. The Morgan fingerprint density at radius 2 is 1.90 bits per heavy atom. The minimum absolute atomic E-state index is 0.0644. The van der Waals surface area contributed by atoms with Gasteiger partial charge < -0.3 is 4.57 Å². The molecule has 0 spiro atoms. The number of hydrogen-bond acceptors (Lipinski definition) is 2. The first kappa shape index (κ1) is 12.4. The van der Waals surface area contributed by atoms with Crippen molar-refractivity contribution in [3.05, 3.63) is 48.0 Å². The molecule has 0 bridgehead atoms. The summed E-state index contributed by atoms with van der Waals surface area (Å²) >= 11 is 0. The quantitative estimate of drug-likeness (QED) is 0.717. The van der Waals surface area contributed by atoms with E-state index in [1.165, 1.54) is 18.3 Å². The molecule has 0 atom stereocenters. The van der Waals surface area contributed by atoms with Gasteiger partial charge in [0.15, 0.2) is 11.6 Å². The maximum Gasteiger partial charge on any atom is 0.153 e. The van der Waals surface area contributed by atoms with Gasteiger partial charge in [0, 0.05) is 18.3 Å². The van der Waals surface area contributed by atoms with Crippen molar-refractivity contribution in [3.63, 3.8) is 0 Å². The van der Waals surface area contributed by atoms with Gasteiger partial charge in [0.2, 0.25) is 0 Å². The van der Waals surface area contributed by atoms with Crippen molar-refractivity contribution in [2.24, 2.45) is 0 Å². The van der Waals surface area contributed by atoms with Gasteiger partial charge in [0.25, 0.3) is 0 Å². The Bertz CT molecular complexity index is 853. The molecule has 6 heteroatoms. The van der Waals surface area contributed by atoms with Gasteiger partial charge in [0.05, 0.1) is 17.3 Å².